The van der Waals surface area contributed by atoms with E-state index in [1.807, 2.05) is 54.9 Å². The van der Waals surface area contributed by atoms with Gasteiger partial charge >= 0.3 is 0 Å². The van der Waals surface area contributed by atoms with Crippen LogP contribution in [0.25, 0.3) is 5.69 Å². The van der Waals surface area contributed by atoms with Crippen LogP contribution in [0.5, 0.6) is 0 Å². The first-order chi connectivity index (χ1) is 7.09. The van der Waals surface area contributed by atoms with E-state index < -0.39 is 0 Å². The summed E-state index contributed by atoms with van der Waals surface area (Å²) in [6, 6.07) is 10.1. The number of aromatic nitrogens is 2. The minimum absolute atomic E-state index is 0.383. The van der Waals surface area contributed by atoms with Gasteiger partial charge in [0.25, 0.3) is 0 Å². The minimum Gasteiger partial charge on any atom is -0.321 e. The van der Waals surface area contributed by atoms with Gasteiger partial charge in [-0.1, -0.05) is 18.2 Å². The molecule has 0 amide bonds. The number of rotatable bonds is 2. The topological polar surface area (TPSA) is 43.8 Å². The number of benzene rings is 1. The van der Waals surface area contributed by atoms with Crippen molar-refractivity contribution < 1.29 is 0 Å². The Morgan fingerprint density at radius 3 is 2.47 bits per heavy atom. The number of nitrogens with zero attached hydrogens (tertiary/aromatic N) is 2. The van der Waals surface area contributed by atoms with Crippen LogP contribution in [0.3, 0.4) is 0 Å². The summed E-state index contributed by atoms with van der Waals surface area (Å²) in [6.45, 7) is 3.95. The van der Waals surface area contributed by atoms with Crippen molar-refractivity contribution in [3.8, 4) is 5.69 Å². The highest BCUT2D eigenvalue weighted by atomic mass is 15.1. The molecule has 0 aliphatic carbocycles. The van der Waals surface area contributed by atoms with Gasteiger partial charge in [0.2, 0.25) is 0 Å². The lowest BCUT2D eigenvalue weighted by Crippen LogP contribution is -2.31. The summed E-state index contributed by atoms with van der Waals surface area (Å²) in [5, 5.41) is 0. The van der Waals surface area contributed by atoms with Crippen LogP contribution in [0.1, 0.15) is 19.5 Å². The molecule has 2 rings (SSSR count). The van der Waals surface area contributed by atoms with Gasteiger partial charge in [0, 0.05) is 5.69 Å². The molecule has 1 aromatic carbocycles. The summed E-state index contributed by atoms with van der Waals surface area (Å²) in [5.74, 6) is 0. The summed E-state index contributed by atoms with van der Waals surface area (Å²) in [4.78, 5) is 4.15. The van der Waals surface area contributed by atoms with E-state index in [-0.39, 0.29) is 5.54 Å². The van der Waals surface area contributed by atoms with Crippen molar-refractivity contribution in [3.05, 3.63) is 48.5 Å². The second-order valence-electron chi connectivity index (χ2n) is 4.21. The smallest absolute Gasteiger partial charge is 0.0994 e. The maximum absolute atomic E-state index is 6.08. The molecule has 0 saturated heterocycles. The number of hydrogen-bond acceptors (Lipinski definition) is 2. The molecule has 78 valence electrons. The minimum atomic E-state index is -0.383. The summed E-state index contributed by atoms with van der Waals surface area (Å²) in [5.41, 5.74) is 7.79. The Kier molecular flexibility index (Phi) is 2.32. The Morgan fingerprint density at radius 2 is 1.87 bits per heavy atom. The van der Waals surface area contributed by atoms with Gasteiger partial charge in [0.15, 0.2) is 0 Å². The highest BCUT2D eigenvalue weighted by Crippen LogP contribution is 2.19. The molecule has 0 aliphatic heterocycles. The Hall–Kier alpha value is -1.61. The van der Waals surface area contributed by atoms with Crippen LogP contribution >= 0.6 is 0 Å². The van der Waals surface area contributed by atoms with Crippen LogP contribution in [0, 0.1) is 0 Å². The molecule has 1 aromatic heterocycles. The van der Waals surface area contributed by atoms with Crippen molar-refractivity contribution in [2.75, 3.05) is 0 Å². The van der Waals surface area contributed by atoms with Crippen LogP contribution in [-0.2, 0) is 5.54 Å². The summed E-state index contributed by atoms with van der Waals surface area (Å²) in [7, 11) is 0. The largest absolute Gasteiger partial charge is 0.321 e. The molecule has 0 radical (unpaired) electrons. The van der Waals surface area contributed by atoms with E-state index in [2.05, 4.69) is 4.98 Å². The molecule has 0 atom stereocenters. The maximum atomic E-state index is 6.08. The SMILES string of the molecule is CC(C)(N)c1cncn1-c1ccccc1. The van der Waals surface area contributed by atoms with Crippen LogP contribution < -0.4 is 5.73 Å². The van der Waals surface area contributed by atoms with E-state index in [4.69, 9.17) is 5.73 Å². The quantitative estimate of drug-likeness (QED) is 0.808. The first-order valence-electron chi connectivity index (χ1n) is 4.96. The van der Waals surface area contributed by atoms with Gasteiger partial charge in [0.1, 0.15) is 0 Å². The molecular formula is C12H15N3. The fraction of sp³-hybridized carbons (Fsp3) is 0.250. The molecular weight excluding hydrogens is 186 g/mol. The lowest BCUT2D eigenvalue weighted by atomic mass is 10.0. The average molecular weight is 201 g/mol. The lowest BCUT2D eigenvalue weighted by molar-refractivity contribution is 0.524. The maximum Gasteiger partial charge on any atom is 0.0994 e. The van der Waals surface area contributed by atoms with Gasteiger partial charge in [0.05, 0.1) is 23.8 Å². The predicted molar refractivity (Wildman–Crippen MR) is 60.8 cm³/mol. The van der Waals surface area contributed by atoms with Gasteiger partial charge in [-0.05, 0) is 26.0 Å². The molecule has 1 heterocycles. The molecule has 0 saturated carbocycles. The molecule has 0 aliphatic rings. The van der Waals surface area contributed by atoms with Crippen LogP contribution in [0.15, 0.2) is 42.9 Å². The van der Waals surface area contributed by atoms with Crippen molar-refractivity contribution in [1.82, 2.24) is 9.55 Å². The second kappa shape index (κ2) is 3.51. The number of para-hydroxylation sites is 1. The first-order valence-corrected chi connectivity index (χ1v) is 4.96. The summed E-state index contributed by atoms with van der Waals surface area (Å²) < 4.78 is 2.01. The Morgan fingerprint density at radius 1 is 1.20 bits per heavy atom. The van der Waals surface area contributed by atoms with E-state index in [1.54, 1.807) is 6.33 Å². The third kappa shape index (κ3) is 1.92. The normalized spacial score (nSPS) is 11.7. The lowest BCUT2D eigenvalue weighted by Gasteiger charge is -2.20. The molecule has 2 N–H and O–H groups in total. The molecule has 2 aromatic rings. The Labute approximate surface area is 89.6 Å². The van der Waals surface area contributed by atoms with Crippen molar-refractivity contribution in [2.24, 2.45) is 5.73 Å². The third-order valence-electron chi connectivity index (χ3n) is 2.33. The highest BCUT2D eigenvalue weighted by Gasteiger charge is 2.19. The molecule has 0 bridgehead atoms. The van der Waals surface area contributed by atoms with Crippen molar-refractivity contribution in [1.29, 1.82) is 0 Å². The van der Waals surface area contributed by atoms with E-state index in [1.165, 1.54) is 0 Å². The fourth-order valence-electron chi connectivity index (χ4n) is 1.57. The van der Waals surface area contributed by atoms with Crippen LogP contribution in [0.2, 0.25) is 0 Å². The summed E-state index contributed by atoms with van der Waals surface area (Å²) >= 11 is 0. The van der Waals surface area contributed by atoms with Crippen molar-refractivity contribution in [2.45, 2.75) is 19.4 Å². The van der Waals surface area contributed by atoms with Gasteiger partial charge in [-0.2, -0.15) is 0 Å². The number of imidazole rings is 1. The zero-order valence-corrected chi connectivity index (χ0v) is 9.01. The predicted octanol–water partition coefficient (Wildman–Crippen LogP) is 2.07. The van der Waals surface area contributed by atoms with E-state index in [0.29, 0.717) is 0 Å². The van der Waals surface area contributed by atoms with E-state index in [0.717, 1.165) is 11.4 Å². The second-order valence-corrected chi connectivity index (χ2v) is 4.21. The van der Waals surface area contributed by atoms with Gasteiger partial charge in [-0.3, -0.25) is 0 Å². The number of hydrogen-bond donors (Lipinski definition) is 1. The molecule has 0 fully saturated rings. The molecule has 3 heteroatoms. The molecule has 3 nitrogen and oxygen atoms in total. The van der Waals surface area contributed by atoms with Crippen molar-refractivity contribution in [3.63, 3.8) is 0 Å². The standard InChI is InChI=1S/C12H15N3/c1-12(2,13)11-8-14-9-15(11)10-6-4-3-5-7-10/h3-9H,13H2,1-2H3. The zero-order valence-electron chi connectivity index (χ0n) is 9.01. The highest BCUT2D eigenvalue weighted by molar-refractivity contribution is 5.34. The van der Waals surface area contributed by atoms with Gasteiger partial charge in [-0.25, -0.2) is 4.98 Å². The van der Waals surface area contributed by atoms with Crippen LogP contribution in [0.4, 0.5) is 0 Å². The monoisotopic (exact) mass is 201 g/mol. The zero-order chi connectivity index (χ0) is 10.9. The van der Waals surface area contributed by atoms with E-state index in [9.17, 15) is 0 Å². The van der Waals surface area contributed by atoms with Crippen LogP contribution in [-0.4, -0.2) is 9.55 Å². The third-order valence-corrected chi connectivity index (χ3v) is 2.33. The van der Waals surface area contributed by atoms with E-state index >= 15 is 0 Å². The number of nitrogens with two attached hydrogens (primary N) is 1. The first kappa shape index (κ1) is 9.93. The molecule has 15 heavy (non-hydrogen) atoms. The summed E-state index contributed by atoms with van der Waals surface area (Å²) in [6.07, 6.45) is 3.60. The fourth-order valence-corrected chi connectivity index (χ4v) is 1.57. The van der Waals surface area contributed by atoms with Crippen molar-refractivity contribution >= 4 is 0 Å². The molecule has 0 spiro atoms. The van der Waals surface area contributed by atoms with Gasteiger partial charge in [-0.15, -0.1) is 0 Å². The Bertz CT molecular complexity index is 437. The average Bonchev–Trinajstić information content (AvgIpc) is 2.67. The van der Waals surface area contributed by atoms with Gasteiger partial charge < -0.3 is 10.3 Å². The molecule has 0 unspecified atom stereocenters. The Balaban J connectivity index is 2.51.